The van der Waals surface area contributed by atoms with Gasteiger partial charge in [-0.1, -0.05) is 11.6 Å². The lowest BCUT2D eigenvalue weighted by molar-refractivity contribution is 0.0955. The Morgan fingerprint density at radius 2 is 2.36 bits per heavy atom. The fourth-order valence-electron chi connectivity index (χ4n) is 0.912. The summed E-state index contributed by atoms with van der Waals surface area (Å²) in [6, 6.07) is 1.68. The summed E-state index contributed by atoms with van der Waals surface area (Å²) in [5, 5.41) is 5.19. The Morgan fingerprint density at radius 1 is 1.64 bits per heavy atom. The number of likely N-dealkylation sites (N-methyl/N-ethyl adjacent to an activating group) is 1. The summed E-state index contributed by atoms with van der Waals surface area (Å²) in [7, 11) is 3.93. The van der Waals surface area contributed by atoms with E-state index in [4.69, 9.17) is 11.6 Å². The van der Waals surface area contributed by atoms with Crippen LogP contribution in [-0.2, 0) is 0 Å². The summed E-state index contributed by atoms with van der Waals surface area (Å²) >= 11 is 7.07. The Hall–Kier alpha value is -0.580. The van der Waals surface area contributed by atoms with Crippen LogP contribution in [0.15, 0.2) is 11.4 Å². The molecule has 0 aliphatic carbocycles. The molecule has 1 aromatic heterocycles. The lowest BCUT2D eigenvalue weighted by Crippen LogP contribution is -2.30. The number of thiophene rings is 1. The van der Waals surface area contributed by atoms with Gasteiger partial charge in [-0.25, -0.2) is 0 Å². The maximum atomic E-state index is 11.5. The Morgan fingerprint density at radius 3 is 2.86 bits per heavy atom. The molecule has 78 valence electrons. The van der Waals surface area contributed by atoms with Gasteiger partial charge in [0.1, 0.15) is 0 Å². The molecule has 3 nitrogen and oxygen atoms in total. The molecule has 0 saturated heterocycles. The van der Waals surface area contributed by atoms with Gasteiger partial charge >= 0.3 is 0 Å². The first-order valence-corrected chi connectivity index (χ1v) is 5.52. The highest BCUT2D eigenvalue weighted by Gasteiger charge is 2.07. The third-order valence-corrected chi connectivity index (χ3v) is 2.91. The maximum absolute atomic E-state index is 11.5. The van der Waals surface area contributed by atoms with Gasteiger partial charge in [-0.05, 0) is 20.2 Å². The Kier molecular flexibility index (Phi) is 4.38. The number of carbonyl (C=O) groups is 1. The normalized spacial score (nSPS) is 10.6. The number of nitrogens with zero attached hydrogens (tertiary/aromatic N) is 1. The average Bonchev–Trinajstić information content (AvgIpc) is 2.51. The van der Waals surface area contributed by atoms with Crippen molar-refractivity contribution in [3.63, 3.8) is 0 Å². The smallest absolute Gasteiger partial charge is 0.261 e. The van der Waals surface area contributed by atoms with Gasteiger partial charge in [-0.15, -0.1) is 11.3 Å². The molecule has 1 heterocycles. The zero-order chi connectivity index (χ0) is 10.6. The molecule has 5 heteroatoms. The van der Waals surface area contributed by atoms with E-state index in [0.717, 1.165) is 6.54 Å². The van der Waals surface area contributed by atoms with Crippen molar-refractivity contribution in [3.8, 4) is 0 Å². The van der Waals surface area contributed by atoms with Gasteiger partial charge in [0, 0.05) is 18.5 Å². The van der Waals surface area contributed by atoms with Gasteiger partial charge in [-0.2, -0.15) is 0 Å². The number of carbonyl (C=O) groups excluding carboxylic acids is 1. The third-order valence-electron chi connectivity index (χ3n) is 1.64. The van der Waals surface area contributed by atoms with E-state index in [1.807, 2.05) is 19.0 Å². The van der Waals surface area contributed by atoms with Gasteiger partial charge < -0.3 is 10.2 Å². The highest BCUT2D eigenvalue weighted by atomic mass is 35.5. The van der Waals surface area contributed by atoms with Gasteiger partial charge in [0.2, 0.25) is 0 Å². The number of rotatable bonds is 4. The van der Waals surface area contributed by atoms with E-state index in [1.165, 1.54) is 11.3 Å². The number of amides is 1. The highest BCUT2D eigenvalue weighted by Crippen LogP contribution is 2.18. The summed E-state index contributed by atoms with van der Waals surface area (Å²) in [5.74, 6) is -0.0521. The first-order valence-electron chi connectivity index (χ1n) is 4.26. The molecule has 0 aliphatic heterocycles. The molecule has 1 N–H and O–H groups in total. The van der Waals surface area contributed by atoms with Crippen LogP contribution >= 0.6 is 22.9 Å². The molecule has 0 bridgehead atoms. The van der Waals surface area contributed by atoms with Crippen LogP contribution < -0.4 is 5.32 Å². The van der Waals surface area contributed by atoms with Gasteiger partial charge in [0.15, 0.2) is 0 Å². The predicted molar refractivity (Wildman–Crippen MR) is 60.2 cm³/mol. The molecule has 1 rings (SSSR count). The summed E-state index contributed by atoms with van der Waals surface area (Å²) in [4.78, 5) is 14.1. The standard InChI is InChI=1S/C9H13ClN2OS/c1-12(2)4-3-11-9(13)8-5-7(10)6-14-8/h5-6H,3-4H2,1-2H3,(H,11,13). The Labute approximate surface area is 92.7 Å². The fourth-order valence-corrected chi connectivity index (χ4v) is 1.90. The molecular weight excluding hydrogens is 220 g/mol. The lowest BCUT2D eigenvalue weighted by atomic mass is 10.4. The molecule has 0 unspecified atom stereocenters. The van der Waals surface area contributed by atoms with E-state index < -0.39 is 0 Å². The summed E-state index contributed by atoms with van der Waals surface area (Å²) in [6.07, 6.45) is 0. The Bertz CT molecular complexity index is 312. The largest absolute Gasteiger partial charge is 0.350 e. The average molecular weight is 233 g/mol. The zero-order valence-electron chi connectivity index (χ0n) is 8.21. The van der Waals surface area contributed by atoms with Crippen LogP contribution in [-0.4, -0.2) is 38.0 Å². The minimum absolute atomic E-state index is 0.0521. The quantitative estimate of drug-likeness (QED) is 0.857. The lowest BCUT2D eigenvalue weighted by Gasteiger charge is -2.09. The maximum Gasteiger partial charge on any atom is 0.261 e. The number of hydrogen-bond acceptors (Lipinski definition) is 3. The molecule has 1 aromatic rings. The van der Waals surface area contributed by atoms with Gasteiger partial charge in [-0.3, -0.25) is 4.79 Å². The van der Waals surface area contributed by atoms with E-state index in [1.54, 1.807) is 11.4 Å². The summed E-state index contributed by atoms with van der Waals surface area (Å²) < 4.78 is 0. The fraction of sp³-hybridized carbons (Fsp3) is 0.444. The van der Waals surface area contributed by atoms with Crippen LogP contribution in [0.5, 0.6) is 0 Å². The SMILES string of the molecule is CN(C)CCNC(=O)c1cc(Cl)cs1. The third kappa shape index (κ3) is 3.65. The second kappa shape index (κ2) is 5.34. The van der Waals surface area contributed by atoms with Crippen molar-refractivity contribution in [1.29, 1.82) is 0 Å². The van der Waals surface area contributed by atoms with Crippen LogP contribution in [0.25, 0.3) is 0 Å². The Balaban J connectivity index is 2.36. The van der Waals surface area contributed by atoms with E-state index in [9.17, 15) is 4.79 Å². The minimum Gasteiger partial charge on any atom is -0.350 e. The van der Waals surface area contributed by atoms with Crippen molar-refractivity contribution in [2.75, 3.05) is 27.2 Å². The number of nitrogens with one attached hydrogen (secondary N) is 1. The molecule has 0 fully saturated rings. The number of halogens is 1. The van der Waals surface area contributed by atoms with Crippen molar-refractivity contribution in [1.82, 2.24) is 10.2 Å². The van der Waals surface area contributed by atoms with Crippen molar-refractivity contribution in [2.24, 2.45) is 0 Å². The summed E-state index contributed by atoms with van der Waals surface area (Å²) in [5.41, 5.74) is 0. The monoisotopic (exact) mass is 232 g/mol. The highest BCUT2D eigenvalue weighted by molar-refractivity contribution is 7.12. The molecule has 1 amide bonds. The predicted octanol–water partition coefficient (Wildman–Crippen LogP) is 1.69. The zero-order valence-corrected chi connectivity index (χ0v) is 9.78. The van der Waals surface area contributed by atoms with Crippen LogP contribution in [0.2, 0.25) is 5.02 Å². The van der Waals surface area contributed by atoms with Crippen LogP contribution in [0.4, 0.5) is 0 Å². The van der Waals surface area contributed by atoms with Crippen LogP contribution in [0, 0.1) is 0 Å². The molecule has 14 heavy (non-hydrogen) atoms. The number of hydrogen-bond donors (Lipinski definition) is 1. The summed E-state index contributed by atoms with van der Waals surface area (Å²) in [6.45, 7) is 1.49. The van der Waals surface area contributed by atoms with Crippen molar-refractivity contribution in [3.05, 3.63) is 21.3 Å². The van der Waals surface area contributed by atoms with Crippen molar-refractivity contribution >= 4 is 28.8 Å². The van der Waals surface area contributed by atoms with E-state index >= 15 is 0 Å². The van der Waals surface area contributed by atoms with Crippen molar-refractivity contribution < 1.29 is 4.79 Å². The molecule has 0 aliphatic rings. The van der Waals surface area contributed by atoms with E-state index in [0.29, 0.717) is 16.4 Å². The van der Waals surface area contributed by atoms with Crippen molar-refractivity contribution in [2.45, 2.75) is 0 Å². The minimum atomic E-state index is -0.0521. The topological polar surface area (TPSA) is 32.3 Å². The molecule has 0 saturated carbocycles. The van der Waals surface area contributed by atoms with Crippen LogP contribution in [0.3, 0.4) is 0 Å². The first-order chi connectivity index (χ1) is 6.59. The first kappa shape index (κ1) is 11.5. The second-order valence-corrected chi connectivity index (χ2v) is 4.54. The van der Waals surface area contributed by atoms with E-state index in [-0.39, 0.29) is 5.91 Å². The molecule has 0 radical (unpaired) electrons. The van der Waals surface area contributed by atoms with Gasteiger partial charge in [0.25, 0.3) is 5.91 Å². The molecule has 0 aromatic carbocycles. The molecule has 0 spiro atoms. The van der Waals surface area contributed by atoms with E-state index in [2.05, 4.69) is 5.32 Å². The molecular formula is C9H13ClN2OS. The van der Waals surface area contributed by atoms with Crippen LogP contribution in [0.1, 0.15) is 9.67 Å². The molecule has 0 atom stereocenters. The second-order valence-electron chi connectivity index (χ2n) is 3.19. The van der Waals surface area contributed by atoms with Gasteiger partial charge in [0.05, 0.1) is 9.90 Å².